The van der Waals surface area contributed by atoms with E-state index in [0.29, 0.717) is 10.8 Å². The van der Waals surface area contributed by atoms with E-state index in [1.165, 1.54) is 11.3 Å². The molecule has 0 aliphatic heterocycles. The molecule has 1 aromatic heterocycles. The molecule has 0 spiro atoms. The van der Waals surface area contributed by atoms with Crippen molar-refractivity contribution in [3.8, 4) is 0 Å². The van der Waals surface area contributed by atoms with Gasteiger partial charge in [0.1, 0.15) is 4.21 Å². The summed E-state index contributed by atoms with van der Waals surface area (Å²) in [5.41, 5.74) is 1.03. The molecule has 1 aromatic rings. The Balaban J connectivity index is 2.49. The molecular weight excluding hydrogens is 300 g/mol. The van der Waals surface area contributed by atoms with E-state index in [0.717, 1.165) is 37.2 Å². The molecule has 4 nitrogen and oxygen atoms in total. The van der Waals surface area contributed by atoms with Crippen molar-refractivity contribution < 1.29 is 8.42 Å². The lowest BCUT2D eigenvalue weighted by Gasteiger charge is -2.03. The Bertz CT molecular complexity index is 457. The van der Waals surface area contributed by atoms with E-state index < -0.39 is 10.0 Å². The second-order valence-corrected chi connectivity index (χ2v) is 8.09. The molecule has 1 rings (SSSR count). The zero-order valence-corrected chi connectivity index (χ0v) is 13.9. The van der Waals surface area contributed by atoms with Crippen molar-refractivity contribution in [2.75, 3.05) is 25.1 Å². The molecule has 0 aliphatic carbocycles. The smallest absolute Gasteiger partial charge is 0.250 e. The summed E-state index contributed by atoms with van der Waals surface area (Å²) in [5, 5.41) is 5.17. The van der Waals surface area contributed by atoms with Crippen LogP contribution < -0.4 is 10.0 Å². The zero-order chi connectivity index (χ0) is 14.1. The fraction of sp³-hybridized carbons (Fsp3) is 0.667. The van der Waals surface area contributed by atoms with Gasteiger partial charge < -0.3 is 5.32 Å². The SMILES string of the molecule is CCCNCc1csc(S(=O)(=O)NCCCSC)c1. The lowest BCUT2D eigenvalue weighted by molar-refractivity contribution is 0.583. The third-order valence-electron chi connectivity index (χ3n) is 2.47. The maximum absolute atomic E-state index is 12.0. The number of hydrogen-bond acceptors (Lipinski definition) is 5. The summed E-state index contributed by atoms with van der Waals surface area (Å²) in [5.74, 6) is 0.971. The third kappa shape index (κ3) is 6.27. The predicted molar refractivity (Wildman–Crippen MR) is 84.5 cm³/mol. The molecule has 0 aliphatic rings. The number of sulfonamides is 1. The molecule has 0 radical (unpaired) electrons. The highest BCUT2D eigenvalue weighted by Crippen LogP contribution is 2.20. The largest absolute Gasteiger partial charge is 0.313 e. The number of rotatable bonds is 10. The fourth-order valence-corrected chi connectivity index (χ4v) is 4.25. The average molecular weight is 323 g/mol. The van der Waals surface area contributed by atoms with Gasteiger partial charge in [-0.25, -0.2) is 13.1 Å². The lowest BCUT2D eigenvalue weighted by atomic mass is 10.3. The maximum Gasteiger partial charge on any atom is 0.250 e. The van der Waals surface area contributed by atoms with E-state index in [-0.39, 0.29) is 0 Å². The second kappa shape index (κ2) is 8.97. The highest BCUT2D eigenvalue weighted by atomic mass is 32.2. The normalized spacial score (nSPS) is 11.9. The first-order chi connectivity index (χ1) is 9.10. The number of thiophene rings is 1. The highest BCUT2D eigenvalue weighted by Gasteiger charge is 2.15. The van der Waals surface area contributed by atoms with Gasteiger partial charge in [0.25, 0.3) is 0 Å². The van der Waals surface area contributed by atoms with E-state index in [4.69, 9.17) is 0 Å². The molecule has 0 saturated carbocycles. The van der Waals surface area contributed by atoms with Crippen molar-refractivity contribution >= 4 is 33.1 Å². The summed E-state index contributed by atoms with van der Waals surface area (Å²) in [6.45, 7) is 4.29. The molecule has 19 heavy (non-hydrogen) atoms. The van der Waals surface area contributed by atoms with E-state index >= 15 is 0 Å². The Hall–Kier alpha value is -0.0800. The molecule has 0 saturated heterocycles. The van der Waals surface area contributed by atoms with E-state index in [2.05, 4.69) is 17.0 Å². The minimum absolute atomic E-state index is 0.407. The van der Waals surface area contributed by atoms with Gasteiger partial charge in [-0.2, -0.15) is 11.8 Å². The Kier molecular flexibility index (Phi) is 8.01. The first-order valence-corrected chi connectivity index (χ1v) is 10.1. The maximum atomic E-state index is 12.0. The molecule has 0 bridgehead atoms. The van der Waals surface area contributed by atoms with Gasteiger partial charge in [-0.05, 0) is 48.4 Å². The topological polar surface area (TPSA) is 58.2 Å². The third-order valence-corrected chi connectivity index (χ3v) is 6.11. The van der Waals surface area contributed by atoms with Gasteiger partial charge in [-0.1, -0.05) is 6.92 Å². The van der Waals surface area contributed by atoms with Crippen molar-refractivity contribution in [2.24, 2.45) is 0 Å². The number of nitrogens with one attached hydrogen (secondary N) is 2. The van der Waals surface area contributed by atoms with Gasteiger partial charge in [-0.15, -0.1) is 11.3 Å². The van der Waals surface area contributed by atoms with Crippen LogP contribution in [0.3, 0.4) is 0 Å². The summed E-state index contributed by atoms with van der Waals surface area (Å²) in [7, 11) is -3.32. The van der Waals surface area contributed by atoms with Crippen LogP contribution in [0.4, 0.5) is 0 Å². The van der Waals surface area contributed by atoms with Crippen molar-refractivity contribution in [2.45, 2.75) is 30.5 Å². The molecule has 0 amide bonds. The molecule has 0 fully saturated rings. The summed E-state index contributed by atoms with van der Waals surface area (Å²) < 4.78 is 27.1. The van der Waals surface area contributed by atoms with Crippen LogP contribution in [0, 0.1) is 0 Å². The number of thioether (sulfide) groups is 1. The summed E-state index contributed by atoms with van der Waals surface area (Å²) in [4.78, 5) is 0. The van der Waals surface area contributed by atoms with Gasteiger partial charge in [-0.3, -0.25) is 0 Å². The summed E-state index contributed by atoms with van der Waals surface area (Å²) in [6, 6.07) is 1.75. The second-order valence-electron chi connectivity index (χ2n) is 4.19. The zero-order valence-electron chi connectivity index (χ0n) is 11.4. The molecule has 0 aromatic carbocycles. The molecular formula is C12H22N2O2S3. The average Bonchev–Trinajstić information content (AvgIpc) is 2.85. The van der Waals surface area contributed by atoms with Crippen LogP contribution in [0.15, 0.2) is 15.7 Å². The lowest BCUT2D eigenvalue weighted by Crippen LogP contribution is -2.24. The van der Waals surface area contributed by atoms with Gasteiger partial charge >= 0.3 is 0 Å². The van der Waals surface area contributed by atoms with Gasteiger partial charge in [0, 0.05) is 13.1 Å². The Morgan fingerprint density at radius 2 is 2.16 bits per heavy atom. The summed E-state index contributed by atoms with van der Waals surface area (Å²) in [6.07, 6.45) is 3.95. The van der Waals surface area contributed by atoms with Crippen LogP contribution >= 0.6 is 23.1 Å². The van der Waals surface area contributed by atoms with Gasteiger partial charge in [0.2, 0.25) is 10.0 Å². The van der Waals surface area contributed by atoms with Crippen LogP contribution in [0.1, 0.15) is 25.3 Å². The fourth-order valence-electron chi connectivity index (χ4n) is 1.49. The standard InChI is InChI=1S/C12H22N2O2S3/c1-3-5-13-9-11-8-12(18-10-11)19(15,16)14-6-4-7-17-2/h8,10,13-14H,3-7,9H2,1-2H3. The predicted octanol–water partition coefficient (Wildman–Crippen LogP) is 2.28. The molecule has 7 heteroatoms. The minimum Gasteiger partial charge on any atom is -0.313 e. The molecule has 1 heterocycles. The first-order valence-electron chi connectivity index (χ1n) is 6.37. The van der Waals surface area contributed by atoms with Crippen molar-refractivity contribution in [3.63, 3.8) is 0 Å². The highest BCUT2D eigenvalue weighted by molar-refractivity contribution is 7.98. The number of hydrogen-bond donors (Lipinski definition) is 2. The van der Waals surface area contributed by atoms with Crippen LogP contribution in [-0.2, 0) is 16.6 Å². The monoisotopic (exact) mass is 322 g/mol. The van der Waals surface area contributed by atoms with Crippen LogP contribution in [0.2, 0.25) is 0 Å². The molecule has 110 valence electrons. The Morgan fingerprint density at radius 1 is 1.37 bits per heavy atom. The summed E-state index contributed by atoms with van der Waals surface area (Å²) >= 11 is 3.01. The van der Waals surface area contributed by atoms with E-state index in [1.807, 2.05) is 11.6 Å². The van der Waals surface area contributed by atoms with Crippen LogP contribution in [-0.4, -0.2) is 33.5 Å². The van der Waals surface area contributed by atoms with Crippen molar-refractivity contribution in [1.29, 1.82) is 0 Å². The molecule has 0 atom stereocenters. The van der Waals surface area contributed by atoms with E-state index in [9.17, 15) is 8.42 Å². The molecule has 2 N–H and O–H groups in total. The van der Waals surface area contributed by atoms with Gasteiger partial charge in [0.15, 0.2) is 0 Å². The van der Waals surface area contributed by atoms with Gasteiger partial charge in [0.05, 0.1) is 0 Å². The Labute approximate surface area is 124 Å². The quantitative estimate of drug-likeness (QED) is 0.649. The Morgan fingerprint density at radius 3 is 2.84 bits per heavy atom. The van der Waals surface area contributed by atoms with Crippen LogP contribution in [0.25, 0.3) is 0 Å². The van der Waals surface area contributed by atoms with Crippen molar-refractivity contribution in [1.82, 2.24) is 10.0 Å². The first kappa shape index (κ1) is 17.0. The van der Waals surface area contributed by atoms with Crippen LogP contribution in [0.5, 0.6) is 0 Å². The minimum atomic E-state index is -3.32. The van der Waals surface area contributed by atoms with Crippen molar-refractivity contribution in [3.05, 3.63) is 17.0 Å². The van der Waals surface area contributed by atoms with E-state index in [1.54, 1.807) is 17.8 Å². The molecule has 0 unspecified atom stereocenters.